The van der Waals surface area contributed by atoms with Gasteiger partial charge in [0.25, 0.3) is 15.7 Å². The molecule has 12 heteroatoms. The van der Waals surface area contributed by atoms with Gasteiger partial charge in [-0.1, -0.05) is 0 Å². The van der Waals surface area contributed by atoms with Gasteiger partial charge in [0.1, 0.15) is 0 Å². The third kappa shape index (κ3) is 4.75. The summed E-state index contributed by atoms with van der Waals surface area (Å²) in [5.74, 6) is -0.798. The summed E-state index contributed by atoms with van der Waals surface area (Å²) in [5, 5.41) is -1.29. The summed E-state index contributed by atoms with van der Waals surface area (Å²) in [7, 11) is -5.75. The van der Waals surface area contributed by atoms with Gasteiger partial charge in [0.05, 0.1) is 12.1 Å². The molecule has 0 saturated carbocycles. The van der Waals surface area contributed by atoms with Crippen LogP contribution < -0.4 is 0 Å². The van der Waals surface area contributed by atoms with E-state index in [0.717, 1.165) is 44.6 Å². The van der Waals surface area contributed by atoms with Crippen molar-refractivity contribution in [3.05, 3.63) is 23.9 Å². The second-order valence-corrected chi connectivity index (χ2v) is 9.17. The maximum atomic E-state index is 12.9. The largest absolute Gasteiger partial charge is 0.503 e. The number of amides is 2. The highest BCUT2D eigenvalue weighted by atomic mass is 32.2. The van der Waals surface area contributed by atoms with E-state index in [1.807, 2.05) is 9.80 Å². The van der Waals surface area contributed by atoms with Crippen LogP contribution in [0.3, 0.4) is 0 Å². The number of carbonyl (C=O) groups is 2. The Bertz CT molecular complexity index is 893. The van der Waals surface area contributed by atoms with Crippen molar-refractivity contribution >= 4 is 21.7 Å². The number of carbonyl (C=O) groups excluding carboxylic acids is 2. The Kier molecular flexibility index (Phi) is 6.65. The molecule has 30 heavy (non-hydrogen) atoms. The number of nitrogens with zero attached hydrogens (tertiary/aromatic N) is 4. The van der Waals surface area contributed by atoms with Crippen molar-refractivity contribution in [3.63, 3.8) is 0 Å². The number of pyridine rings is 1. The molecule has 2 aliphatic rings. The normalized spacial score (nSPS) is 19.0. The monoisotopic (exact) mass is 448 g/mol. The molecular weight excluding hydrogens is 425 g/mol. The third-order valence-electron chi connectivity index (χ3n) is 5.29. The van der Waals surface area contributed by atoms with E-state index in [2.05, 4.69) is 4.98 Å². The molecule has 2 amide bonds. The van der Waals surface area contributed by atoms with Gasteiger partial charge in [-0.2, -0.15) is 13.2 Å². The molecule has 3 heterocycles. The molecular formula is C18H23F3N4O4S. The Morgan fingerprint density at radius 1 is 0.967 bits per heavy atom. The Balaban J connectivity index is 1.64. The van der Waals surface area contributed by atoms with Gasteiger partial charge >= 0.3 is 5.51 Å². The van der Waals surface area contributed by atoms with Crippen LogP contribution in [0.2, 0.25) is 0 Å². The average Bonchev–Trinajstić information content (AvgIpc) is 2.73. The summed E-state index contributed by atoms with van der Waals surface area (Å²) < 4.78 is 62.4. The van der Waals surface area contributed by atoms with Crippen LogP contribution in [0.1, 0.15) is 29.6 Å². The summed E-state index contributed by atoms with van der Waals surface area (Å²) in [6.45, 7) is 2.80. The molecule has 0 spiro atoms. The van der Waals surface area contributed by atoms with E-state index in [1.165, 1.54) is 11.0 Å². The molecule has 0 radical (unpaired) electrons. The van der Waals surface area contributed by atoms with E-state index >= 15 is 0 Å². The zero-order chi connectivity index (χ0) is 21.9. The Morgan fingerprint density at radius 3 is 2.20 bits per heavy atom. The molecule has 2 saturated heterocycles. The van der Waals surface area contributed by atoms with Crippen molar-refractivity contribution in [1.82, 2.24) is 19.7 Å². The molecule has 0 N–H and O–H groups in total. The molecule has 3 rings (SSSR count). The first kappa shape index (κ1) is 22.5. The minimum Gasteiger partial charge on any atom is -0.342 e. The van der Waals surface area contributed by atoms with E-state index in [1.54, 1.807) is 0 Å². The number of likely N-dealkylation sites (tertiary alicyclic amines) is 1. The Labute approximate surface area is 172 Å². The van der Waals surface area contributed by atoms with Gasteiger partial charge in [-0.15, -0.1) is 0 Å². The van der Waals surface area contributed by atoms with Crippen LogP contribution in [-0.4, -0.2) is 91.2 Å². The molecule has 8 nitrogen and oxygen atoms in total. The van der Waals surface area contributed by atoms with Crippen LogP contribution >= 0.6 is 0 Å². The second-order valence-electron chi connectivity index (χ2n) is 7.32. The second kappa shape index (κ2) is 8.88. The maximum Gasteiger partial charge on any atom is 0.503 e. The molecule has 0 unspecified atom stereocenters. The van der Waals surface area contributed by atoms with Gasteiger partial charge < -0.3 is 9.80 Å². The first-order valence-electron chi connectivity index (χ1n) is 9.67. The predicted molar refractivity (Wildman–Crippen MR) is 100 cm³/mol. The maximum absolute atomic E-state index is 12.9. The molecule has 2 fully saturated rings. The molecule has 1 aromatic rings. The number of aromatic nitrogens is 1. The van der Waals surface area contributed by atoms with Crippen molar-refractivity contribution in [2.45, 2.75) is 29.8 Å². The van der Waals surface area contributed by atoms with Crippen LogP contribution in [0.15, 0.2) is 23.4 Å². The van der Waals surface area contributed by atoms with E-state index in [-0.39, 0.29) is 25.5 Å². The van der Waals surface area contributed by atoms with E-state index in [9.17, 15) is 31.2 Å². The number of piperidine rings is 1. The minimum absolute atomic E-state index is 0.0280. The summed E-state index contributed by atoms with van der Waals surface area (Å²) in [6, 6.07) is 2.25. The lowest BCUT2D eigenvalue weighted by Gasteiger charge is -2.36. The van der Waals surface area contributed by atoms with Crippen molar-refractivity contribution in [2.75, 3.05) is 45.8 Å². The number of piperazine rings is 1. The van der Waals surface area contributed by atoms with Crippen LogP contribution in [0.5, 0.6) is 0 Å². The van der Waals surface area contributed by atoms with Gasteiger partial charge in [0.15, 0.2) is 5.03 Å². The van der Waals surface area contributed by atoms with E-state index < -0.39 is 31.8 Å². The highest BCUT2D eigenvalue weighted by Crippen LogP contribution is 2.31. The zero-order valence-corrected chi connectivity index (χ0v) is 17.1. The first-order valence-corrected chi connectivity index (χ1v) is 11.2. The Morgan fingerprint density at radius 2 is 1.60 bits per heavy atom. The fourth-order valence-corrected chi connectivity index (χ4v) is 4.46. The highest BCUT2D eigenvalue weighted by molar-refractivity contribution is 7.92. The molecule has 2 aliphatic heterocycles. The summed E-state index contributed by atoms with van der Waals surface area (Å²) in [4.78, 5) is 33.4. The molecule has 1 aromatic heterocycles. The van der Waals surface area contributed by atoms with Crippen molar-refractivity contribution in [3.8, 4) is 0 Å². The van der Waals surface area contributed by atoms with Crippen LogP contribution in [0.4, 0.5) is 13.2 Å². The number of sulfone groups is 1. The highest BCUT2D eigenvalue weighted by Gasteiger charge is 2.49. The first-order chi connectivity index (χ1) is 14.1. The Hall–Kier alpha value is -2.21. The van der Waals surface area contributed by atoms with E-state index in [4.69, 9.17) is 0 Å². The van der Waals surface area contributed by atoms with Crippen LogP contribution in [0, 0.1) is 0 Å². The predicted octanol–water partition coefficient (Wildman–Crippen LogP) is 1.15. The number of rotatable bonds is 4. The summed E-state index contributed by atoms with van der Waals surface area (Å²) in [5.41, 5.74) is -6.16. The minimum atomic E-state index is -5.75. The molecule has 0 aromatic carbocycles. The van der Waals surface area contributed by atoms with Crippen molar-refractivity contribution in [1.29, 1.82) is 0 Å². The average molecular weight is 448 g/mol. The topological polar surface area (TPSA) is 90.9 Å². The van der Waals surface area contributed by atoms with Crippen LogP contribution in [0.25, 0.3) is 0 Å². The molecule has 0 aliphatic carbocycles. The van der Waals surface area contributed by atoms with Gasteiger partial charge in [0.2, 0.25) is 5.91 Å². The third-order valence-corrected chi connectivity index (χ3v) is 6.73. The number of hydrogen-bond donors (Lipinski definition) is 0. The zero-order valence-electron chi connectivity index (χ0n) is 16.3. The standard InChI is InChI=1S/C18H23F3N4O4S/c19-18(20,21)30(28,29)16-14(5-4-6-22-16)17(27)25-11-9-23(10-12-25)13-15(26)24-7-2-1-3-8-24/h4-6H,1-3,7-13H2. The summed E-state index contributed by atoms with van der Waals surface area (Å²) in [6.07, 6.45) is 4.00. The van der Waals surface area contributed by atoms with Crippen molar-refractivity contribution in [2.24, 2.45) is 0 Å². The lowest BCUT2D eigenvalue weighted by molar-refractivity contribution is -0.133. The van der Waals surface area contributed by atoms with Crippen molar-refractivity contribution < 1.29 is 31.2 Å². The van der Waals surface area contributed by atoms with Crippen LogP contribution in [-0.2, 0) is 14.6 Å². The van der Waals surface area contributed by atoms with Gasteiger partial charge in [-0.3, -0.25) is 14.5 Å². The number of alkyl halides is 3. The molecule has 166 valence electrons. The number of halogens is 3. The lowest BCUT2D eigenvalue weighted by Crippen LogP contribution is -2.52. The SMILES string of the molecule is O=C(CN1CCN(C(=O)c2cccnc2S(=O)(=O)C(F)(F)F)CC1)N1CCCCC1. The molecule has 0 atom stereocenters. The lowest BCUT2D eigenvalue weighted by atomic mass is 10.1. The van der Waals surface area contributed by atoms with Gasteiger partial charge in [-0.05, 0) is 31.4 Å². The van der Waals surface area contributed by atoms with E-state index in [0.29, 0.717) is 13.1 Å². The van der Waals surface area contributed by atoms with Gasteiger partial charge in [-0.25, -0.2) is 13.4 Å². The summed E-state index contributed by atoms with van der Waals surface area (Å²) >= 11 is 0. The quantitative estimate of drug-likeness (QED) is 0.686. The number of hydrogen-bond acceptors (Lipinski definition) is 6. The smallest absolute Gasteiger partial charge is 0.342 e. The van der Waals surface area contributed by atoms with Gasteiger partial charge in [0, 0.05) is 45.5 Å². The molecule has 0 bridgehead atoms. The fourth-order valence-electron chi connectivity index (χ4n) is 3.59. The fraction of sp³-hybridized carbons (Fsp3) is 0.611.